The number of carbonyl (C=O) groups excluding carboxylic acids is 2. The molecular formula is C19H19ClN2O4. The maximum atomic E-state index is 12.1. The van der Waals surface area contributed by atoms with E-state index >= 15 is 0 Å². The number of amides is 1. The van der Waals surface area contributed by atoms with Crippen LogP contribution in [-0.4, -0.2) is 23.9 Å². The second-order valence-electron chi connectivity index (χ2n) is 6.31. The van der Waals surface area contributed by atoms with Crippen LogP contribution in [0.1, 0.15) is 36.7 Å². The zero-order chi connectivity index (χ0) is 19.2. The first-order chi connectivity index (χ1) is 12.2. The van der Waals surface area contributed by atoms with Gasteiger partial charge in [-0.1, -0.05) is 23.7 Å². The number of nitrogens with one attached hydrogen (secondary N) is 1. The molecule has 0 atom stereocenters. The lowest BCUT2D eigenvalue weighted by atomic mass is 10.2. The fourth-order valence-electron chi connectivity index (χ4n) is 1.87. The van der Waals surface area contributed by atoms with Gasteiger partial charge in [0.15, 0.2) is 0 Å². The van der Waals surface area contributed by atoms with Crippen molar-refractivity contribution in [3.8, 4) is 5.75 Å². The predicted octanol–water partition coefficient (Wildman–Crippen LogP) is 4.42. The number of nitrogens with zero attached hydrogens (tertiary/aromatic N) is 1. The third-order valence-corrected chi connectivity index (χ3v) is 3.28. The maximum absolute atomic E-state index is 12.1. The van der Waals surface area contributed by atoms with E-state index in [-0.39, 0.29) is 0 Å². The van der Waals surface area contributed by atoms with E-state index in [4.69, 9.17) is 21.1 Å². The third kappa shape index (κ3) is 6.22. The van der Waals surface area contributed by atoms with Gasteiger partial charge in [-0.2, -0.15) is 5.10 Å². The van der Waals surface area contributed by atoms with E-state index in [1.54, 1.807) is 69.3 Å². The molecule has 0 bridgehead atoms. The Morgan fingerprint density at radius 1 is 1.08 bits per heavy atom. The first kappa shape index (κ1) is 19.5. The van der Waals surface area contributed by atoms with E-state index in [0.717, 1.165) is 0 Å². The molecule has 0 aliphatic carbocycles. The molecule has 0 saturated carbocycles. The summed E-state index contributed by atoms with van der Waals surface area (Å²) >= 11 is 5.97. The summed E-state index contributed by atoms with van der Waals surface area (Å²) in [7, 11) is 0. The van der Waals surface area contributed by atoms with Gasteiger partial charge in [-0.25, -0.2) is 15.0 Å². The van der Waals surface area contributed by atoms with Gasteiger partial charge < -0.3 is 9.47 Å². The van der Waals surface area contributed by atoms with Gasteiger partial charge in [-0.15, -0.1) is 0 Å². The van der Waals surface area contributed by atoms with Gasteiger partial charge in [0.1, 0.15) is 11.4 Å². The van der Waals surface area contributed by atoms with E-state index in [1.807, 2.05) is 0 Å². The molecular weight excluding hydrogens is 356 g/mol. The lowest BCUT2D eigenvalue weighted by Gasteiger charge is -2.18. The molecule has 26 heavy (non-hydrogen) atoms. The molecule has 0 aliphatic rings. The Morgan fingerprint density at radius 2 is 1.73 bits per heavy atom. The van der Waals surface area contributed by atoms with Crippen molar-refractivity contribution in [2.45, 2.75) is 26.4 Å². The van der Waals surface area contributed by atoms with Crippen molar-refractivity contribution < 1.29 is 19.1 Å². The van der Waals surface area contributed by atoms with Gasteiger partial charge >= 0.3 is 12.1 Å². The highest BCUT2D eigenvalue weighted by molar-refractivity contribution is 6.33. The van der Waals surface area contributed by atoms with Crippen LogP contribution in [0.15, 0.2) is 53.6 Å². The summed E-state index contributed by atoms with van der Waals surface area (Å²) in [4.78, 5) is 23.6. The number of ether oxygens (including phenoxy) is 2. The van der Waals surface area contributed by atoms with E-state index in [2.05, 4.69) is 10.5 Å². The van der Waals surface area contributed by atoms with E-state index < -0.39 is 17.7 Å². The standard InChI is InChI=1S/C19H19ClN2O4/c1-19(2,3)26-18(24)22-21-12-13-8-10-14(11-9-13)25-17(23)15-6-4-5-7-16(15)20/h4-12H,1-3H3,(H,22,24). The van der Waals surface area contributed by atoms with Crippen molar-refractivity contribution in [3.05, 3.63) is 64.7 Å². The molecule has 0 unspecified atom stereocenters. The van der Waals surface area contributed by atoms with Crippen LogP contribution in [0.2, 0.25) is 5.02 Å². The highest BCUT2D eigenvalue weighted by Crippen LogP contribution is 2.18. The summed E-state index contributed by atoms with van der Waals surface area (Å²) in [6, 6.07) is 13.3. The first-order valence-electron chi connectivity index (χ1n) is 7.83. The van der Waals surface area contributed by atoms with Gasteiger partial charge in [0.05, 0.1) is 16.8 Å². The van der Waals surface area contributed by atoms with Crippen molar-refractivity contribution in [1.82, 2.24) is 5.43 Å². The normalized spacial score (nSPS) is 11.2. The highest BCUT2D eigenvalue weighted by Gasteiger charge is 2.15. The fourth-order valence-corrected chi connectivity index (χ4v) is 2.08. The largest absolute Gasteiger partial charge is 0.443 e. The molecule has 0 aliphatic heterocycles. The minimum Gasteiger partial charge on any atom is -0.443 e. The van der Waals surface area contributed by atoms with Gasteiger partial charge in [0.25, 0.3) is 0 Å². The molecule has 7 heteroatoms. The zero-order valence-corrected chi connectivity index (χ0v) is 15.4. The Morgan fingerprint density at radius 3 is 2.35 bits per heavy atom. The average Bonchev–Trinajstić information content (AvgIpc) is 2.55. The van der Waals surface area contributed by atoms with Gasteiger partial charge in [-0.3, -0.25) is 0 Å². The summed E-state index contributed by atoms with van der Waals surface area (Å²) in [6.07, 6.45) is 0.808. The first-order valence-corrected chi connectivity index (χ1v) is 8.21. The minimum atomic E-state index is -0.640. The lowest BCUT2D eigenvalue weighted by Crippen LogP contribution is -2.29. The van der Waals surface area contributed by atoms with Crippen LogP contribution < -0.4 is 10.2 Å². The van der Waals surface area contributed by atoms with E-state index in [0.29, 0.717) is 21.9 Å². The smallest absolute Gasteiger partial charge is 0.428 e. The molecule has 1 amide bonds. The van der Waals surface area contributed by atoms with Gasteiger partial charge in [0, 0.05) is 0 Å². The third-order valence-electron chi connectivity index (χ3n) is 2.95. The number of carbonyl (C=O) groups is 2. The lowest BCUT2D eigenvalue weighted by molar-refractivity contribution is 0.0529. The minimum absolute atomic E-state index is 0.293. The molecule has 2 aromatic rings. The number of hydrogen-bond acceptors (Lipinski definition) is 5. The maximum Gasteiger partial charge on any atom is 0.428 e. The van der Waals surface area contributed by atoms with Crippen LogP contribution in [0.5, 0.6) is 5.75 Å². The van der Waals surface area contributed by atoms with Gasteiger partial charge in [0.2, 0.25) is 0 Å². The molecule has 0 fully saturated rings. The summed E-state index contributed by atoms with van der Waals surface area (Å²) in [5.41, 5.74) is 2.68. The summed E-state index contributed by atoms with van der Waals surface area (Å²) in [5.74, 6) is -0.171. The van der Waals surface area contributed by atoms with Crippen LogP contribution in [0.25, 0.3) is 0 Å². The number of rotatable bonds is 4. The number of hydrogen-bond donors (Lipinski definition) is 1. The second kappa shape index (κ2) is 8.49. The van der Waals surface area contributed by atoms with Crippen molar-refractivity contribution in [2.75, 3.05) is 0 Å². The Bertz CT molecular complexity index is 811. The van der Waals surface area contributed by atoms with Crippen LogP contribution in [0.3, 0.4) is 0 Å². The number of benzene rings is 2. The Labute approximate surface area is 156 Å². The van der Waals surface area contributed by atoms with Crippen LogP contribution in [0.4, 0.5) is 4.79 Å². The molecule has 0 radical (unpaired) electrons. The molecule has 0 spiro atoms. The monoisotopic (exact) mass is 374 g/mol. The molecule has 0 heterocycles. The van der Waals surface area contributed by atoms with Crippen LogP contribution >= 0.6 is 11.6 Å². The number of hydrazone groups is 1. The number of halogens is 1. The fraction of sp³-hybridized carbons (Fsp3) is 0.211. The molecule has 136 valence electrons. The van der Waals surface area contributed by atoms with E-state index in [1.165, 1.54) is 6.21 Å². The Kier molecular flexibility index (Phi) is 6.36. The van der Waals surface area contributed by atoms with Crippen molar-refractivity contribution in [3.63, 3.8) is 0 Å². The molecule has 6 nitrogen and oxygen atoms in total. The molecule has 2 aromatic carbocycles. The van der Waals surface area contributed by atoms with Crippen molar-refractivity contribution in [2.24, 2.45) is 5.10 Å². The van der Waals surface area contributed by atoms with Crippen molar-refractivity contribution >= 4 is 29.9 Å². The molecule has 2 rings (SSSR count). The summed E-state index contributed by atoms with van der Waals surface area (Å²) < 4.78 is 10.3. The Hall–Kier alpha value is -2.86. The van der Waals surface area contributed by atoms with Crippen molar-refractivity contribution in [1.29, 1.82) is 0 Å². The van der Waals surface area contributed by atoms with Crippen LogP contribution in [0, 0.1) is 0 Å². The molecule has 1 N–H and O–H groups in total. The SMILES string of the molecule is CC(C)(C)OC(=O)NN=Cc1ccc(OC(=O)c2ccccc2Cl)cc1. The summed E-state index contributed by atoms with van der Waals surface area (Å²) in [6.45, 7) is 5.29. The van der Waals surface area contributed by atoms with E-state index in [9.17, 15) is 9.59 Å². The predicted molar refractivity (Wildman–Crippen MR) is 99.8 cm³/mol. The second-order valence-corrected chi connectivity index (χ2v) is 6.72. The quantitative estimate of drug-likeness (QED) is 0.372. The zero-order valence-electron chi connectivity index (χ0n) is 14.7. The summed E-state index contributed by atoms with van der Waals surface area (Å²) in [5, 5.41) is 4.13. The Balaban J connectivity index is 1.92. The molecule has 0 saturated heterocycles. The topological polar surface area (TPSA) is 77.0 Å². The molecule has 0 aromatic heterocycles. The van der Waals surface area contributed by atoms with Gasteiger partial charge in [-0.05, 0) is 62.7 Å². The average molecular weight is 375 g/mol. The van der Waals surface area contributed by atoms with Crippen LogP contribution in [-0.2, 0) is 4.74 Å². The number of esters is 1. The highest BCUT2D eigenvalue weighted by atomic mass is 35.5.